The highest BCUT2D eigenvalue weighted by molar-refractivity contribution is 5.96. The van der Waals surface area contributed by atoms with E-state index in [1.54, 1.807) is 6.26 Å². The summed E-state index contributed by atoms with van der Waals surface area (Å²) in [5, 5.41) is 5.97. The summed E-state index contributed by atoms with van der Waals surface area (Å²) in [6.45, 7) is 5.35. The smallest absolute Gasteiger partial charge is 0.229 e. The van der Waals surface area contributed by atoms with Crippen molar-refractivity contribution in [1.82, 2.24) is 0 Å². The molecule has 5 nitrogen and oxygen atoms in total. The van der Waals surface area contributed by atoms with Gasteiger partial charge in [0.05, 0.1) is 18.4 Å². The van der Waals surface area contributed by atoms with Crippen molar-refractivity contribution in [2.45, 2.75) is 27.2 Å². The Morgan fingerprint density at radius 2 is 1.81 bits per heavy atom. The molecule has 0 saturated carbocycles. The lowest BCUT2D eigenvalue weighted by atomic mass is 10.0. The van der Waals surface area contributed by atoms with E-state index in [4.69, 9.17) is 4.42 Å². The van der Waals surface area contributed by atoms with Crippen LogP contribution in [0, 0.1) is 19.7 Å². The normalized spacial score (nSPS) is 10.8. The van der Waals surface area contributed by atoms with Crippen LogP contribution in [0.3, 0.4) is 0 Å². The molecule has 6 heteroatoms. The molecule has 0 aliphatic heterocycles. The van der Waals surface area contributed by atoms with Crippen LogP contribution in [-0.4, -0.2) is 11.8 Å². The van der Waals surface area contributed by atoms with Gasteiger partial charge in [0.1, 0.15) is 11.4 Å². The highest BCUT2D eigenvalue weighted by Crippen LogP contribution is 2.26. The summed E-state index contributed by atoms with van der Waals surface area (Å²) in [4.78, 5) is 23.5. The molecule has 0 aliphatic carbocycles. The Morgan fingerprint density at radius 1 is 1.08 bits per heavy atom. The Labute approximate surface area is 150 Å². The van der Waals surface area contributed by atoms with Gasteiger partial charge in [0, 0.05) is 23.6 Å². The average molecular weight is 354 g/mol. The molecule has 134 valence electrons. The number of amides is 2. The number of hydrogen-bond donors (Lipinski definition) is 2. The van der Waals surface area contributed by atoms with Crippen molar-refractivity contribution in [1.29, 1.82) is 0 Å². The zero-order valence-corrected chi connectivity index (χ0v) is 14.8. The molecule has 3 aromatic rings. The first-order valence-corrected chi connectivity index (χ1v) is 8.18. The fourth-order valence-electron chi connectivity index (χ4n) is 2.74. The van der Waals surface area contributed by atoms with Gasteiger partial charge in [0.15, 0.2) is 0 Å². The summed E-state index contributed by atoms with van der Waals surface area (Å²) in [7, 11) is 0. The van der Waals surface area contributed by atoms with Crippen molar-refractivity contribution in [3.05, 3.63) is 59.1 Å². The van der Waals surface area contributed by atoms with Gasteiger partial charge in [-0.2, -0.15) is 0 Å². The minimum atomic E-state index is -0.573. The van der Waals surface area contributed by atoms with Gasteiger partial charge in [-0.1, -0.05) is 0 Å². The molecule has 0 bridgehead atoms. The molecule has 0 fully saturated rings. The average Bonchev–Trinajstić information content (AvgIpc) is 2.92. The number of anilines is 2. The molecule has 0 radical (unpaired) electrons. The third-order valence-electron chi connectivity index (χ3n) is 4.18. The van der Waals surface area contributed by atoms with Crippen LogP contribution in [0.4, 0.5) is 15.8 Å². The maximum Gasteiger partial charge on any atom is 0.229 e. The molecule has 0 spiro atoms. The maximum absolute atomic E-state index is 14.0. The van der Waals surface area contributed by atoms with Crippen LogP contribution in [0.5, 0.6) is 0 Å². The van der Waals surface area contributed by atoms with Crippen molar-refractivity contribution in [3.63, 3.8) is 0 Å². The Morgan fingerprint density at radius 3 is 2.54 bits per heavy atom. The van der Waals surface area contributed by atoms with Crippen molar-refractivity contribution < 1.29 is 18.4 Å². The van der Waals surface area contributed by atoms with E-state index in [1.807, 2.05) is 26.0 Å². The quantitative estimate of drug-likeness (QED) is 0.733. The molecule has 0 atom stereocenters. The molecule has 2 aromatic carbocycles. The molecule has 2 N–H and O–H groups in total. The highest BCUT2D eigenvalue weighted by atomic mass is 19.1. The second-order valence-corrected chi connectivity index (χ2v) is 6.29. The Hall–Kier alpha value is -3.15. The van der Waals surface area contributed by atoms with Gasteiger partial charge in [-0.15, -0.1) is 0 Å². The minimum absolute atomic E-state index is 0.0149. The van der Waals surface area contributed by atoms with Gasteiger partial charge in [-0.05, 0) is 55.3 Å². The van der Waals surface area contributed by atoms with E-state index in [0.29, 0.717) is 5.69 Å². The molecule has 1 aromatic heterocycles. The lowest BCUT2D eigenvalue weighted by molar-refractivity contribution is -0.116. The number of carbonyl (C=O) groups excluding carboxylic acids is 2. The maximum atomic E-state index is 14.0. The van der Waals surface area contributed by atoms with Crippen molar-refractivity contribution in [3.8, 4) is 0 Å². The predicted molar refractivity (Wildman–Crippen MR) is 98.7 cm³/mol. The van der Waals surface area contributed by atoms with E-state index in [0.717, 1.165) is 27.7 Å². The van der Waals surface area contributed by atoms with Crippen LogP contribution in [0.15, 0.2) is 41.0 Å². The summed E-state index contributed by atoms with van der Waals surface area (Å²) in [5.74, 6) is -1.22. The Balaban J connectivity index is 1.79. The van der Waals surface area contributed by atoms with E-state index in [2.05, 4.69) is 10.6 Å². The Bertz CT molecular complexity index is 1010. The number of furan rings is 1. The summed E-state index contributed by atoms with van der Waals surface area (Å²) >= 11 is 0. The van der Waals surface area contributed by atoms with Crippen molar-refractivity contribution >= 4 is 34.2 Å². The van der Waals surface area contributed by atoms with E-state index in [9.17, 15) is 14.0 Å². The molecule has 1 heterocycles. The lowest BCUT2D eigenvalue weighted by Crippen LogP contribution is -2.15. The van der Waals surface area contributed by atoms with Crippen LogP contribution in [0.2, 0.25) is 0 Å². The van der Waals surface area contributed by atoms with Gasteiger partial charge in [-0.25, -0.2) is 4.39 Å². The van der Waals surface area contributed by atoms with Crippen molar-refractivity contribution in [2.75, 3.05) is 10.6 Å². The zero-order chi connectivity index (χ0) is 18.8. The number of carbonyl (C=O) groups is 2. The minimum Gasteiger partial charge on any atom is -0.464 e. The molecule has 3 rings (SSSR count). The second kappa shape index (κ2) is 7.00. The molecular formula is C20H19FN2O3. The largest absolute Gasteiger partial charge is 0.464 e. The van der Waals surface area contributed by atoms with Gasteiger partial charge in [-0.3, -0.25) is 9.59 Å². The molecule has 0 aliphatic rings. The number of benzene rings is 2. The van der Waals surface area contributed by atoms with Gasteiger partial charge in [0.25, 0.3) is 0 Å². The first-order valence-electron chi connectivity index (χ1n) is 8.18. The van der Waals surface area contributed by atoms with E-state index < -0.39 is 5.82 Å². The topological polar surface area (TPSA) is 71.3 Å². The number of halogens is 1. The molecule has 26 heavy (non-hydrogen) atoms. The third kappa shape index (κ3) is 3.74. The van der Waals surface area contributed by atoms with Crippen LogP contribution < -0.4 is 10.6 Å². The van der Waals surface area contributed by atoms with Crippen molar-refractivity contribution in [2.24, 2.45) is 0 Å². The monoisotopic (exact) mass is 354 g/mol. The summed E-state index contributed by atoms with van der Waals surface area (Å²) in [6, 6.07) is 7.92. The van der Waals surface area contributed by atoms with Crippen LogP contribution in [-0.2, 0) is 16.0 Å². The van der Waals surface area contributed by atoms with E-state index in [-0.39, 0.29) is 23.9 Å². The standard InChI is InChI=1S/C20H19FN2O3/c1-11-6-16-14(10-26-19(16)7-12(11)2)8-20(25)23-18-9-15(22-13(3)24)4-5-17(18)21/h4-7,9-10H,8H2,1-3H3,(H,22,24)(H,23,25). The van der Waals surface area contributed by atoms with Gasteiger partial charge < -0.3 is 15.1 Å². The SMILES string of the molecule is CC(=O)Nc1ccc(F)c(NC(=O)Cc2coc3cc(C)c(C)cc23)c1. The summed E-state index contributed by atoms with van der Waals surface area (Å²) < 4.78 is 19.5. The van der Waals surface area contributed by atoms with E-state index >= 15 is 0 Å². The third-order valence-corrected chi connectivity index (χ3v) is 4.18. The molecular weight excluding hydrogens is 335 g/mol. The van der Waals surface area contributed by atoms with E-state index in [1.165, 1.54) is 25.1 Å². The second-order valence-electron chi connectivity index (χ2n) is 6.29. The highest BCUT2D eigenvalue weighted by Gasteiger charge is 2.14. The first kappa shape index (κ1) is 17.7. The number of fused-ring (bicyclic) bond motifs is 1. The number of rotatable bonds is 4. The molecule has 0 unspecified atom stereocenters. The van der Waals surface area contributed by atoms with Gasteiger partial charge >= 0.3 is 0 Å². The fourth-order valence-corrected chi connectivity index (χ4v) is 2.74. The number of hydrogen-bond acceptors (Lipinski definition) is 3. The van der Waals surface area contributed by atoms with Gasteiger partial charge in [0.2, 0.25) is 11.8 Å². The van der Waals surface area contributed by atoms with Crippen LogP contribution in [0.25, 0.3) is 11.0 Å². The first-order chi connectivity index (χ1) is 12.3. The number of aryl methyl sites for hydroxylation is 2. The molecule has 0 saturated heterocycles. The van der Waals surface area contributed by atoms with Crippen LogP contribution in [0.1, 0.15) is 23.6 Å². The lowest BCUT2D eigenvalue weighted by Gasteiger charge is -2.09. The molecule has 2 amide bonds. The zero-order valence-electron chi connectivity index (χ0n) is 14.8. The fraction of sp³-hybridized carbons (Fsp3) is 0.200. The van der Waals surface area contributed by atoms with Crippen LogP contribution >= 0.6 is 0 Å². The predicted octanol–water partition coefficient (Wildman–Crippen LogP) is 4.33. The summed E-state index contributed by atoms with van der Waals surface area (Å²) in [5.41, 5.74) is 4.10. The number of nitrogens with one attached hydrogen (secondary N) is 2. The summed E-state index contributed by atoms with van der Waals surface area (Å²) in [6.07, 6.45) is 1.60. The Kier molecular flexibility index (Phi) is 4.75.